The van der Waals surface area contributed by atoms with E-state index in [-0.39, 0.29) is 17.8 Å². The van der Waals surface area contributed by atoms with E-state index in [2.05, 4.69) is 11.4 Å². The van der Waals surface area contributed by atoms with Crippen LogP contribution < -0.4 is 10.1 Å². The van der Waals surface area contributed by atoms with Crippen LogP contribution in [0.5, 0.6) is 5.75 Å². The van der Waals surface area contributed by atoms with Gasteiger partial charge in [0.2, 0.25) is 0 Å². The van der Waals surface area contributed by atoms with E-state index in [1.807, 2.05) is 62.4 Å². The maximum atomic E-state index is 10.8. The maximum absolute atomic E-state index is 10.8. The molecule has 32 heavy (non-hydrogen) atoms. The van der Waals surface area contributed by atoms with Crippen molar-refractivity contribution in [3.8, 4) is 5.75 Å². The van der Waals surface area contributed by atoms with Gasteiger partial charge in [-0.25, -0.2) is 0 Å². The number of carboxylic acid groups (broad SMARTS) is 1. The van der Waals surface area contributed by atoms with Crippen LogP contribution >= 0.6 is 11.6 Å². The first-order valence-corrected chi connectivity index (χ1v) is 10.8. The van der Waals surface area contributed by atoms with Crippen molar-refractivity contribution in [1.29, 1.82) is 5.41 Å². The van der Waals surface area contributed by atoms with E-state index >= 15 is 0 Å². The summed E-state index contributed by atoms with van der Waals surface area (Å²) in [6.45, 7) is 5.01. The van der Waals surface area contributed by atoms with Gasteiger partial charge in [-0.3, -0.25) is 15.1 Å². The number of benzene rings is 3. The Hall–Kier alpha value is -3.09. The number of ether oxygens (including phenoxy) is 1. The molecule has 0 unspecified atom stereocenters. The van der Waals surface area contributed by atoms with E-state index in [0.29, 0.717) is 18.7 Å². The van der Waals surface area contributed by atoms with E-state index in [4.69, 9.17) is 26.9 Å². The molecule has 0 bridgehead atoms. The van der Waals surface area contributed by atoms with E-state index in [9.17, 15) is 4.79 Å². The summed E-state index contributed by atoms with van der Waals surface area (Å²) in [5.74, 6) is -0.0870. The third-order valence-corrected chi connectivity index (χ3v) is 5.11. The third kappa shape index (κ3) is 6.45. The second-order valence-corrected chi connectivity index (χ2v) is 8.57. The highest BCUT2D eigenvalue weighted by Gasteiger charge is 2.10. The third-order valence-electron chi connectivity index (χ3n) is 4.90. The van der Waals surface area contributed by atoms with Crippen molar-refractivity contribution in [2.24, 2.45) is 0 Å². The number of rotatable bonds is 10. The number of hydrogen-bond acceptors (Lipinski definition) is 5. The second kappa shape index (κ2) is 10.5. The molecule has 3 aromatic carbocycles. The van der Waals surface area contributed by atoms with Gasteiger partial charge in [0.05, 0.1) is 6.54 Å². The summed E-state index contributed by atoms with van der Waals surface area (Å²) in [7, 11) is 1.79. The molecule has 3 N–H and O–H groups in total. The van der Waals surface area contributed by atoms with Gasteiger partial charge in [0.25, 0.3) is 0 Å². The smallest absolute Gasteiger partial charge is 0.317 e. The van der Waals surface area contributed by atoms with Crippen molar-refractivity contribution in [3.63, 3.8) is 0 Å². The van der Waals surface area contributed by atoms with Gasteiger partial charge < -0.3 is 15.2 Å². The summed E-state index contributed by atoms with van der Waals surface area (Å²) in [6, 6.07) is 18.0. The highest BCUT2D eigenvalue weighted by molar-refractivity contribution is 6.69. The van der Waals surface area contributed by atoms with Crippen molar-refractivity contribution >= 4 is 39.2 Å². The number of carboxylic acids is 1. The Morgan fingerprint density at radius 1 is 1.09 bits per heavy atom. The summed E-state index contributed by atoms with van der Waals surface area (Å²) in [6.07, 6.45) is 0. The second-order valence-electron chi connectivity index (χ2n) is 8.19. The van der Waals surface area contributed by atoms with Crippen molar-refractivity contribution in [3.05, 3.63) is 71.3 Å². The van der Waals surface area contributed by atoms with Crippen LogP contribution in [-0.4, -0.2) is 40.8 Å². The molecule has 7 heteroatoms. The zero-order chi connectivity index (χ0) is 23.3. The Kier molecular flexibility index (Phi) is 7.72. The van der Waals surface area contributed by atoms with E-state index in [1.54, 1.807) is 11.9 Å². The molecule has 0 aliphatic carbocycles. The minimum absolute atomic E-state index is 0.00420. The average molecular weight is 454 g/mol. The first kappa shape index (κ1) is 23.6. The first-order chi connectivity index (χ1) is 15.2. The molecule has 0 amide bonds. The molecule has 0 fully saturated rings. The average Bonchev–Trinajstić information content (AvgIpc) is 2.71. The van der Waals surface area contributed by atoms with Crippen LogP contribution in [0.25, 0.3) is 10.8 Å². The number of anilines is 1. The predicted molar refractivity (Wildman–Crippen MR) is 130 cm³/mol. The standard InChI is InChI=1S/C25H28ClN3O3/c1-16(2)28-23-9-5-18(11-22(23)25(26)27)15-32-21-8-7-19-10-17(4-6-20(19)12-21)13-29(3)14-24(30)31/h4-12,16,27-28H,13-15H2,1-3H3,(H,30,31). The SMILES string of the molecule is CC(C)Nc1ccc(COc2ccc3cc(CN(C)CC(=O)O)ccc3c2)cc1C(=N)Cl. The molecular weight excluding hydrogens is 426 g/mol. The summed E-state index contributed by atoms with van der Waals surface area (Å²) < 4.78 is 5.99. The monoisotopic (exact) mass is 453 g/mol. The van der Waals surface area contributed by atoms with Crippen molar-refractivity contribution in [2.45, 2.75) is 33.0 Å². The number of nitrogens with one attached hydrogen (secondary N) is 2. The van der Waals surface area contributed by atoms with Gasteiger partial charge in [0, 0.05) is 23.8 Å². The first-order valence-electron chi connectivity index (χ1n) is 10.4. The van der Waals surface area contributed by atoms with Gasteiger partial charge in [-0.05, 0) is 73.1 Å². The maximum Gasteiger partial charge on any atom is 0.317 e. The number of likely N-dealkylation sites (N-methyl/N-ethyl adjacent to an activating group) is 1. The lowest BCUT2D eigenvalue weighted by Gasteiger charge is -2.16. The van der Waals surface area contributed by atoms with E-state index < -0.39 is 5.97 Å². The topological polar surface area (TPSA) is 85.7 Å². The molecule has 0 aromatic heterocycles. The van der Waals surface area contributed by atoms with Gasteiger partial charge in [0.15, 0.2) is 0 Å². The minimum Gasteiger partial charge on any atom is -0.489 e. The molecular formula is C25H28ClN3O3. The van der Waals surface area contributed by atoms with Crippen molar-refractivity contribution < 1.29 is 14.6 Å². The fourth-order valence-corrected chi connectivity index (χ4v) is 3.68. The van der Waals surface area contributed by atoms with Crippen LogP contribution in [0.3, 0.4) is 0 Å². The van der Waals surface area contributed by atoms with Crippen molar-refractivity contribution in [1.82, 2.24) is 4.90 Å². The van der Waals surface area contributed by atoms with Crippen LogP contribution in [0.15, 0.2) is 54.6 Å². The Morgan fingerprint density at radius 3 is 2.47 bits per heavy atom. The highest BCUT2D eigenvalue weighted by atomic mass is 35.5. The van der Waals surface area contributed by atoms with Crippen LogP contribution in [-0.2, 0) is 17.9 Å². The molecule has 0 aliphatic heterocycles. The van der Waals surface area contributed by atoms with Gasteiger partial charge in [-0.15, -0.1) is 0 Å². The fraction of sp³-hybridized carbons (Fsp3) is 0.280. The summed E-state index contributed by atoms with van der Waals surface area (Å²) >= 11 is 5.99. The lowest BCUT2D eigenvalue weighted by Crippen LogP contribution is -2.25. The Balaban J connectivity index is 1.70. The fourth-order valence-electron chi connectivity index (χ4n) is 3.53. The van der Waals surface area contributed by atoms with Crippen LogP contribution in [0, 0.1) is 5.41 Å². The quantitative estimate of drug-likeness (QED) is 0.362. The highest BCUT2D eigenvalue weighted by Crippen LogP contribution is 2.25. The van der Waals surface area contributed by atoms with E-state index in [0.717, 1.165) is 33.3 Å². The zero-order valence-electron chi connectivity index (χ0n) is 18.5. The molecule has 6 nitrogen and oxygen atoms in total. The molecule has 0 radical (unpaired) electrons. The predicted octanol–water partition coefficient (Wildman–Crippen LogP) is 5.32. The molecule has 0 heterocycles. The van der Waals surface area contributed by atoms with Crippen LogP contribution in [0.4, 0.5) is 5.69 Å². The largest absolute Gasteiger partial charge is 0.489 e. The molecule has 0 spiro atoms. The summed E-state index contributed by atoms with van der Waals surface area (Å²) in [5.41, 5.74) is 3.47. The molecule has 3 rings (SSSR count). The molecule has 0 saturated carbocycles. The Bertz CT molecular complexity index is 1130. The summed E-state index contributed by atoms with van der Waals surface area (Å²) in [5, 5.41) is 22.2. The lowest BCUT2D eigenvalue weighted by molar-refractivity contribution is -0.138. The number of nitrogens with zero attached hydrogens (tertiary/aromatic N) is 1. The van der Waals surface area contributed by atoms with Crippen LogP contribution in [0.1, 0.15) is 30.5 Å². The molecule has 3 aromatic rings. The summed E-state index contributed by atoms with van der Waals surface area (Å²) in [4.78, 5) is 12.6. The molecule has 0 aliphatic rings. The van der Waals surface area contributed by atoms with Crippen LogP contribution in [0.2, 0.25) is 0 Å². The normalized spacial score (nSPS) is 11.2. The minimum atomic E-state index is -0.837. The lowest BCUT2D eigenvalue weighted by atomic mass is 10.1. The number of aliphatic carboxylic acids is 1. The molecule has 168 valence electrons. The van der Waals surface area contributed by atoms with Gasteiger partial charge in [-0.2, -0.15) is 0 Å². The zero-order valence-corrected chi connectivity index (χ0v) is 19.2. The van der Waals surface area contributed by atoms with Gasteiger partial charge in [-0.1, -0.05) is 35.9 Å². The Morgan fingerprint density at radius 2 is 1.78 bits per heavy atom. The van der Waals surface area contributed by atoms with E-state index in [1.165, 1.54) is 0 Å². The number of halogens is 1. The van der Waals surface area contributed by atoms with Gasteiger partial charge >= 0.3 is 5.97 Å². The molecule has 0 atom stereocenters. The number of hydrogen-bond donors (Lipinski definition) is 3. The van der Waals surface area contributed by atoms with Gasteiger partial charge in [0.1, 0.15) is 17.5 Å². The molecule has 0 saturated heterocycles. The number of fused-ring (bicyclic) bond motifs is 1. The number of carbonyl (C=O) groups is 1. The Labute approximate surface area is 193 Å². The van der Waals surface area contributed by atoms with Crippen molar-refractivity contribution in [2.75, 3.05) is 18.9 Å².